The molecule has 2 rings (SSSR count). The Morgan fingerprint density at radius 3 is 2.00 bits per heavy atom. The highest BCUT2D eigenvalue weighted by molar-refractivity contribution is 6.30. The van der Waals surface area contributed by atoms with E-state index in [2.05, 4.69) is 48.2 Å². The molecule has 0 aliphatic carbocycles. The van der Waals surface area contributed by atoms with Crippen molar-refractivity contribution < 1.29 is 4.57 Å². The summed E-state index contributed by atoms with van der Waals surface area (Å²) in [7, 11) is 0. The van der Waals surface area contributed by atoms with Gasteiger partial charge in [-0.1, -0.05) is 35.9 Å². The van der Waals surface area contributed by atoms with Crippen LogP contribution in [0, 0.1) is 0 Å². The van der Waals surface area contributed by atoms with E-state index < -0.39 is 0 Å². The van der Waals surface area contributed by atoms with E-state index in [0.717, 1.165) is 17.1 Å². The minimum atomic E-state index is 0.769. The van der Waals surface area contributed by atoms with E-state index in [1.807, 2.05) is 24.3 Å². The smallest absolute Gasteiger partial charge is 0.169 e. The number of hydrogen-bond acceptors (Lipinski definition) is 0. The van der Waals surface area contributed by atoms with Crippen LogP contribution in [-0.4, -0.2) is 0 Å². The number of nitrogens with zero attached hydrogens (tertiary/aromatic N) is 1. The molecule has 1 aromatic heterocycles. The highest BCUT2D eigenvalue weighted by Crippen LogP contribution is 2.12. The Morgan fingerprint density at radius 2 is 1.47 bits per heavy atom. The van der Waals surface area contributed by atoms with Crippen LogP contribution in [0.15, 0.2) is 48.8 Å². The number of rotatable bonds is 3. The summed E-state index contributed by atoms with van der Waals surface area (Å²) >= 11 is 5.84. The van der Waals surface area contributed by atoms with Crippen molar-refractivity contribution in [2.75, 3.05) is 0 Å². The van der Waals surface area contributed by atoms with E-state index in [1.165, 1.54) is 5.56 Å². The van der Waals surface area contributed by atoms with E-state index >= 15 is 0 Å². The fraction of sp³-hybridized carbons (Fsp3) is 0.133. The number of benzene rings is 1. The Balaban J connectivity index is 2.11. The molecule has 0 saturated carbocycles. The molecule has 0 fully saturated rings. The van der Waals surface area contributed by atoms with Crippen LogP contribution in [0.2, 0.25) is 5.02 Å². The summed E-state index contributed by atoms with van der Waals surface area (Å²) in [5.41, 5.74) is 2.35. The molecule has 2 heteroatoms. The molecular weight excluding hydrogens is 230 g/mol. The van der Waals surface area contributed by atoms with Crippen molar-refractivity contribution in [3.05, 3.63) is 64.9 Å². The number of aromatic nitrogens is 1. The Morgan fingerprint density at radius 1 is 0.941 bits per heavy atom. The predicted molar refractivity (Wildman–Crippen MR) is 72.7 cm³/mol. The first-order valence-corrected chi connectivity index (χ1v) is 6.08. The molecule has 0 spiro atoms. The van der Waals surface area contributed by atoms with Crippen molar-refractivity contribution in [1.82, 2.24) is 0 Å². The van der Waals surface area contributed by atoms with Crippen LogP contribution in [0.25, 0.3) is 12.2 Å². The molecule has 2 aromatic rings. The maximum Gasteiger partial charge on any atom is 0.169 e. The molecule has 17 heavy (non-hydrogen) atoms. The summed E-state index contributed by atoms with van der Waals surface area (Å²) in [4.78, 5) is 0. The fourth-order valence-corrected chi connectivity index (χ4v) is 1.68. The molecule has 0 saturated heterocycles. The quantitative estimate of drug-likeness (QED) is 0.723. The normalized spacial score (nSPS) is 10.9. The van der Waals surface area contributed by atoms with Gasteiger partial charge in [-0.3, -0.25) is 0 Å². The molecule has 1 aromatic carbocycles. The van der Waals surface area contributed by atoms with E-state index in [1.54, 1.807) is 0 Å². The Bertz CT molecular complexity index is 497. The molecule has 0 radical (unpaired) electrons. The molecular formula is C15H15ClN+. The SMILES string of the molecule is CC[n+]1ccc(/C=C/c2ccc(Cl)cc2)cc1. The first kappa shape index (κ1) is 11.9. The highest BCUT2D eigenvalue weighted by atomic mass is 35.5. The zero-order chi connectivity index (χ0) is 12.1. The lowest BCUT2D eigenvalue weighted by Crippen LogP contribution is -2.30. The summed E-state index contributed by atoms with van der Waals surface area (Å²) in [6.07, 6.45) is 8.36. The van der Waals surface area contributed by atoms with E-state index in [0.29, 0.717) is 0 Å². The van der Waals surface area contributed by atoms with Crippen LogP contribution < -0.4 is 4.57 Å². The minimum absolute atomic E-state index is 0.769. The van der Waals surface area contributed by atoms with Gasteiger partial charge in [0.15, 0.2) is 12.4 Å². The minimum Gasteiger partial charge on any atom is -0.205 e. The Hall–Kier alpha value is -1.60. The third kappa shape index (κ3) is 3.43. The van der Waals surface area contributed by atoms with E-state index in [4.69, 9.17) is 11.6 Å². The van der Waals surface area contributed by atoms with Gasteiger partial charge in [-0.05, 0) is 30.2 Å². The van der Waals surface area contributed by atoms with Gasteiger partial charge in [0.2, 0.25) is 0 Å². The molecule has 86 valence electrons. The Labute approximate surface area is 107 Å². The summed E-state index contributed by atoms with van der Waals surface area (Å²) < 4.78 is 2.14. The van der Waals surface area contributed by atoms with Gasteiger partial charge in [0, 0.05) is 17.2 Å². The molecule has 1 nitrogen and oxygen atoms in total. The molecule has 0 atom stereocenters. The second-order valence-corrected chi connectivity index (χ2v) is 4.28. The summed E-state index contributed by atoms with van der Waals surface area (Å²) in [5, 5.41) is 0.769. The lowest BCUT2D eigenvalue weighted by Gasteiger charge is -1.95. The topological polar surface area (TPSA) is 3.88 Å². The third-order valence-electron chi connectivity index (χ3n) is 2.62. The molecule has 0 amide bonds. The van der Waals surface area contributed by atoms with E-state index in [9.17, 15) is 0 Å². The molecule has 0 unspecified atom stereocenters. The van der Waals surface area contributed by atoms with Crippen LogP contribution in [0.1, 0.15) is 18.1 Å². The van der Waals surface area contributed by atoms with Gasteiger partial charge in [0.1, 0.15) is 6.54 Å². The maximum atomic E-state index is 5.84. The van der Waals surface area contributed by atoms with Gasteiger partial charge in [-0.25, -0.2) is 4.57 Å². The lowest BCUT2D eigenvalue weighted by atomic mass is 10.1. The van der Waals surface area contributed by atoms with Crippen LogP contribution in [0.3, 0.4) is 0 Å². The van der Waals surface area contributed by atoms with Gasteiger partial charge < -0.3 is 0 Å². The Kier molecular flexibility index (Phi) is 3.94. The van der Waals surface area contributed by atoms with Crippen LogP contribution in [0.4, 0.5) is 0 Å². The molecule has 1 heterocycles. The zero-order valence-corrected chi connectivity index (χ0v) is 10.6. The van der Waals surface area contributed by atoms with Gasteiger partial charge in [-0.15, -0.1) is 0 Å². The summed E-state index contributed by atoms with van der Waals surface area (Å²) in [5.74, 6) is 0. The van der Waals surface area contributed by atoms with Crippen molar-refractivity contribution in [3.8, 4) is 0 Å². The average molecular weight is 245 g/mol. The first-order chi connectivity index (χ1) is 8.28. The van der Waals surface area contributed by atoms with Crippen molar-refractivity contribution in [2.45, 2.75) is 13.5 Å². The zero-order valence-electron chi connectivity index (χ0n) is 9.81. The monoisotopic (exact) mass is 244 g/mol. The maximum absolute atomic E-state index is 5.84. The van der Waals surface area contributed by atoms with Gasteiger partial charge in [0.05, 0.1) is 0 Å². The third-order valence-corrected chi connectivity index (χ3v) is 2.87. The van der Waals surface area contributed by atoms with Crippen LogP contribution >= 0.6 is 11.6 Å². The largest absolute Gasteiger partial charge is 0.205 e. The summed E-state index contributed by atoms with van der Waals surface area (Å²) in [6.45, 7) is 3.13. The highest BCUT2D eigenvalue weighted by Gasteiger charge is 1.94. The van der Waals surface area contributed by atoms with Crippen molar-refractivity contribution in [1.29, 1.82) is 0 Å². The van der Waals surface area contributed by atoms with Gasteiger partial charge in [-0.2, -0.15) is 0 Å². The van der Waals surface area contributed by atoms with Crippen molar-refractivity contribution in [2.24, 2.45) is 0 Å². The summed E-state index contributed by atoms with van der Waals surface area (Å²) in [6, 6.07) is 12.0. The standard InChI is InChI=1S/C15H15ClN/c1-2-17-11-9-14(10-12-17)4-3-13-5-7-15(16)8-6-13/h3-12H,2H2,1H3/q+1/b4-3+. The van der Waals surface area contributed by atoms with Crippen LogP contribution in [-0.2, 0) is 6.54 Å². The number of aryl methyl sites for hydroxylation is 1. The second-order valence-electron chi connectivity index (χ2n) is 3.85. The number of hydrogen-bond donors (Lipinski definition) is 0. The number of halogens is 1. The van der Waals surface area contributed by atoms with Crippen molar-refractivity contribution >= 4 is 23.8 Å². The van der Waals surface area contributed by atoms with Gasteiger partial charge in [0.25, 0.3) is 0 Å². The number of pyridine rings is 1. The molecule has 0 bridgehead atoms. The van der Waals surface area contributed by atoms with Gasteiger partial charge >= 0.3 is 0 Å². The molecule has 0 aliphatic heterocycles. The molecule has 0 N–H and O–H groups in total. The first-order valence-electron chi connectivity index (χ1n) is 5.70. The second kappa shape index (κ2) is 5.65. The lowest BCUT2D eigenvalue weighted by molar-refractivity contribution is -0.693. The van der Waals surface area contributed by atoms with E-state index in [-0.39, 0.29) is 0 Å². The average Bonchev–Trinajstić information content (AvgIpc) is 2.39. The molecule has 0 aliphatic rings. The predicted octanol–water partition coefficient (Wildman–Crippen LogP) is 3.82. The fourth-order valence-electron chi connectivity index (χ4n) is 1.56. The van der Waals surface area contributed by atoms with Crippen LogP contribution in [0.5, 0.6) is 0 Å². The van der Waals surface area contributed by atoms with Crippen molar-refractivity contribution in [3.63, 3.8) is 0 Å².